The van der Waals surface area contributed by atoms with Crippen LogP contribution in [0.5, 0.6) is 0 Å². The average Bonchev–Trinajstić information content (AvgIpc) is 2.71. The largest absolute Gasteiger partial charge is 0.392 e. The molecule has 2 fully saturated rings. The summed E-state index contributed by atoms with van der Waals surface area (Å²) in [7, 11) is 0. The summed E-state index contributed by atoms with van der Waals surface area (Å²) in [5, 5.41) is 10.3. The molecule has 2 saturated carbocycles. The summed E-state index contributed by atoms with van der Waals surface area (Å²) in [6.07, 6.45) is 8.30. The van der Waals surface area contributed by atoms with E-state index in [-0.39, 0.29) is 17.6 Å². The van der Waals surface area contributed by atoms with Crippen LogP contribution in [-0.2, 0) is 11.3 Å². The van der Waals surface area contributed by atoms with Gasteiger partial charge in [-0.15, -0.1) is 0 Å². The zero-order chi connectivity index (χ0) is 14.0. The van der Waals surface area contributed by atoms with Crippen molar-refractivity contribution in [2.24, 2.45) is 5.41 Å². The van der Waals surface area contributed by atoms with E-state index in [0.29, 0.717) is 6.61 Å². The van der Waals surface area contributed by atoms with Crippen LogP contribution in [0.25, 0.3) is 0 Å². The van der Waals surface area contributed by atoms with Crippen LogP contribution in [-0.4, -0.2) is 17.3 Å². The van der Waals surface area contributed by atoms with Crippen molar-refractivity contribution >= 4 is 15.9 Å². The predicted molar refractivity (Wildman–Crippen MR) is 83.5 cm³/mol. The minimum absolute atomic E-state index is 0.0580. The lowest BCUT2D eigenvalue weighted by molar-refractivity contribution is -0.203. The van der Waals surface area contributed by atoms with Crippen molar-refractivity contribution in [3.63, 3.8) is 0 Å². The summed E-state index contributed by atoms with van der Waals surface area (Å²) in [5.41, 5.74) is 1.26. The number of hydrogen-bond acceptors (Lipinski definition) is 2. The molecule has 0 heterocycles. The molecule has 1 spiro atoms. The average molecular weight is 339 g/mol. The zero-order valence-corrected chi connectivity index (χ0v) is 13.4. The smallest absolute Gasteiger partial charge is 0.0721 e. The Labute approximate surface area is 129 Å². The van der Waals surface area contributed by atoms with Crippen molar-refractivity contribution in [1.29, 1.82) is 0 Å². The Morgan fingerprint density at radius 3 is 2.60 bits per heavy atom. The van der Waals surface area contributed by atoms with Crippen molar-refractivity contribution in [3.05, 3.63) is 34.3 Å². The molecule has 0 saturated heterocycles. The first-order valence-corrected chi connectivity index (χ1v) is 8.54. The van der Waals surface area contributed by atoms with Gasteiger partial charge in [-0.2, -0.15) is 0 Å². The van der Waals surface area contributed by atoms with E-state index in [2.05, 4.69) is 28.1 Å². The molecule has 2 aliphatic carbocycles. The van der Waals surface area contributed by atoms with Crippen LogP contribution >= 0.6 is 15.9 Å². The second-order valence-corrected chi connectivity index (χ2v) is 7.24. The van der Waals surface area contributed by atoms with Gasteiger partial charge in [-0.25, -0.2) is 0 Å². The minimum Gasteiger partial charge on any atom is -0.392 e. The standard InChI is InChI=1S/C17H23BrO2/c18-14-7-5-6-13(10-14)12-20-16-11-15(19)17(16)8-3-1-2-4-9-17/h5-7,10,15-16,19H,1-4,8-9,11-12H2. The number of halogens is 1. The van der Waals surface area contributed by atoms with Gasteiger partial charge >= 0.3 is 0 Å². The molecule has 3 heteroatoms. The second kappa shape index (κ2) is 6.17. The molecule has 3 rings (SSSR count). The van der Waals surface area contributed by atoms with Gasteiger partial charge < -0.3 is 9.84 Å². The van der Waals surface area contributed by atoms with Crippen LogP contribution in [0.15, 0.2) is 28.7 Å². The van der Waals surface area contributed by atoms with E-state index in [1.54, 1.807) is 0 Å². The fourth-order valence-electron chi connectivity index (χ4n) is 3.83. The molecule has 0 bridgehead atoms. The molecular weight excluding hydrogens is 316 g/mol. The topological polar surface area (TPSA) is 29.5 Å². The number of aliphatic hydroxyl groups is 1. The van der Waals surface area contributed by atoms with Gasteiger partial charge in [0.15, 0.2) is 0 Å². The Morgan fingerprint density at radius 1 is 1.20 bits per heavy atom. The lowest BCUT2D eigenvalue weighted by atomic mass is 9.59. The monoisotopic (exact) mass is 338 g/mol. The maximum Gasteiger partial charge on any atom is 0.0721 e. The van der Waals surface area contributed by atoms with Gasteiger partial charge in [-0.1, -0.05) is 53.7 Å². The van der Waals surface area contributed by atoms with Gasteiger partial charge in [0.2, 0.25) is 0 Å². The van der Waals surface area contributed by atoms with E-state index in [4.69, 9.17) is 4.74 Å². The number of ether oxygens (including phenoxy) is 1. The Hall–Kier alpha value is -0.380. The summed E-state index contributed by atoms with van der Waals surface area (Å²) in [6.45, 7) is 0.651. The third-order valence-corrected chi connectivity index (χ3v) is 5.61. The highest BCUT2D eigenvalue weighted by Crippen LogP contribution is 2.52. The highest BCUT2D eigenvalue weighted by atomic mass is 79.9. The van der Waals surface area contributed by atoms with Gasteiger partial charge in [0, 0.05) is 16.3 Å². The maximum absolute atomic E-state index is 10.3. The van der Waals surface area contributed by atoms with Crippen molar-refractivity contribution < 1.29 is 9.84 Å². The molecule has 2 atom stereocenters. The van der Waals surface area contributed by atoms with E-state index in [0.717, 1.165) is 23.7 Å². The fourth-order valence-corrected chi connectivity index (χ4v) is 4.27. The third kappa shape index (κ3) is 2.81. The molecule has 1 aromatic carbocycles. The molecule has 2 nitrogen and oxygen atoms in total. The van der Waals surface area contributed by atoms with Crippen LogP contribution < -0.4 is 0 Å². The molecule has 0 aromatic heterocycles. The molecule has 110 valence electrons. The number of aliphatic hydroxyl groups excluding tert-OH is 1. The Morgan fingerprint density at radius 2 is 1.95 bits per heavy atom. The van der Waals surface area contributed by atoms with Gasteiger partial charge in [-0.05, 0) is 30.5 Å². The summed E-state index contributed by atoms with van der Waals surface area (Å²) in [4.78, 5) is 0. The van der Waals surface area contributed by atoms with E-state index in [1.807, 2.05) is 12.1 Å². The molecule has 0 aliphatic heterocycles. The van der Waals surface area contributed by atoms with Crippen molar-refractivity contribution in [1.82, 2.24) is 0 Å². The van der Waals surface area contributed by atoms with Crippen molar-refractivity contribution in [2.75, 3.05) is 0 Å². The quantitative estimate of drug-likeness (QED) is 0.882. The first-order chi connectivity index (χ1) is 9.71. The maximum atomic E-state index is 10.3. The Balaban J connectivity index is 1.62. The highest BCUT2D eigenvalue weighted by molar-refractivity contribution is 9.10. The number of rotatable bonds is 3. The Kier molecular flexibility index (Phi) is 4.49. The Bertz CT molecular complexity index is 452. The zero-order valence-electron chi connectivity index (χ0n) is 11.9. The van der Waals surface area contributed by atoms with Gasteiger partial charge in [-0.3, -0.25) is 0 Å². The highest BCUT2D eigenvalue weighted by Gasteiger charge is 2.54. The molecule has 0 amide bonds. The van der Waals surface area contributed by atoms with E-state index in [9.17, 15) is 5.11 Å². The van der Waals surface area contributed by atoms with Gasteiger partial charge in [0.1, 0.15) is 0 Å². The molecule has 1 aromatic rings. The molecule has 2 aliphatic rings. The lowest BCUT2D eigenvalue weighted by Crippen LogP contribution is -2.57. The van der Waals surface area contributed by atoms with Crippen LogP contribution in [0.1, 0.15) is 50.5 Å². The molecule has 2 unspecified atom stereocenters. The van der Waals surface area contributed by atoms with Crippen molar-refractivity contribution in [2.45, 2.75) is 63.8 Å². The number of benzene rings is 1. The van der Waals surface area contributed by atoms with Crippen LogP contribution in [0.2, 0.25) is 0 Å². The van der Waals surface area contributed by atoms with Crippen molar-refractivity contribution in [3.8, 4) is 0 Å². The molecule has 0 radical (unpaired) electrons. The van der Waals surface area contributed by atoms with Crippen LogP contribution in [0, 0.1) is 5.41 Å². The van der Waals surface area contributed by atoms with Gasteiger partial charge in [0.25, 0.3) is 0 Å². The lowest BCUT2D eigenvalue weighted by Gasteiger charge is -2.53. The summed E-state index contributed by atoms with van der Waals surface area (Å²) >= 11 is 3.49. The normalized spacial score (nSPS) is 28.9. The summed E-state index contributed by atoms with van der Waals surface area (Å²) < 4.78 is 7.25. The minimum atomic E-state index is -0.145. The third-order valence-electron chi connectivity index (χ3n) is 5.12. The first kappa shape index (κ1) is 14.6. The van der Waals surface area contributed by atoms with E-state index in [1.165, 1.54) is 31.2 Å². The fraction of sp³-hybridized carbons (Fsp3) is 0.647. The molecule has 1 N–H and O–H groups in total. The predicted octanol–water partition coefficient (Wildman–Crippen LogP) is 4.44. The SMILES string of the molecule is OC1CC(OCc2cccc(Br)c2)C12CCCCCC2. The van der Waals surface area contributed by atoms with E-state index < -0.39 is 0 Å². The number of hydrogen-bond donors (Lipinski definition) is 1. The van der Waals surface area contributed by atoms with Crippen LogP contribution in [0.4, 0.5) is 0 Å². The van der Waals surface area contributed by atoms with Crippen LogP contribution in [0.3, 0.4) is 0 Å². The van der Waals surface area contributed by atoms with Gasteiger partial charge in [0.05, 0.1) is 18.8 Å². The molecular formula is C17H23BrO2. The summed E-state index contributed by atoms with van der Waals surface area (Å²) in [6, 6.07) is 8.28. The second-order valence-electron chi connectivity index (χ2n) is 6.33. The summed E-state index contributed by atoms with van der Waals surface area (Å²) in [5.74, 6) is 0. The first-order valence-electron chi connectivity index (χ1n) is 7.75. The van der Waals surface area contributed by atoms with E-state index >= 15 is 0 Å². The molecule has 20 heavy (non-hydrogen) atoms.